The summed E-state index contributed by atoms with van der Waals surface area (Å²) in [7, 11) is -4.81. The monoisotopic (exact) mass is 722 g/mol. The van der Waals surface area contributed by atoms with Gasteiger partial charge in [-0.1, -0.05) is 42.5 Å². The number of carbonyl (C=O) groups is 7. The Labute approximate surface area is 287 Å². The number of rotatable bonds is 21. The Kier molecular flexibility index (Phi) is 15.9. The number of carboxylic acid groups (broad SMARTS) is 1. The second-order valence-electron chi connectivity index (χ2n) is 11.0. The molecule has 0 aliphatic heterocycles. The lowest BCUT2D eigenvalue weighted by molar-refractivity contribution is -0.141. The predicted molar refractivity (Wildman–Crippen MR) is 177 cm³/mol. The fourth-order valence-electron chi connectivity index (χ4n) is 4.53. The summed E-state index contributed by atoms with van der Waals surface area (Å²) in [5, 5.41) is 16.5. The van der Waals surface area contributed by atoms with Gasteiger partial charge in [0.1, 0.15) is 11.8 Å². The molecule has 16 nitrogen and oxygen atoms in total. The van der Waals surface area contributed by atoms with E-state index in [1.807, 2.05) is 0 Å². The summed E-state index contributed by atoms with van der Waals surface area (Å²) < 4.78 is 35.4. The number of ketones is 2. The van der Waals surface area contributed by atoms with Crippen LogP contribution in [0.4, 0.5) is 0 Å². The van der Waals surface area contributed by atoms with Crippen molar-refractivity contribution in [2.45, 2.75) is 63.6 Å². The van der Waals surface area contributed by atoms with Crippen LogP contribution in [0.2, 0.25) is 0 Å². The highest BCUT2D eigenvalue weighted by molar-refractivity contribution is 7.81. The molecule has 0 heterocycles. The first kappa shape index (κ1) is 40.4. The van der Waals surface area contributed by atoms with E-state index in [9.17, 15) is 47.1 Å². The number of hydrogen-bond acceptors (Lipinski definition) is 11. The van der Waals surface area contributed by atoms with Crippen LogP contribution in [-0.2, 0) is 56.8 Å². The number of benzene rings is 2. The third-order valence-corrected chi connectivity index (χ3v) is 7.83. The van der Waals surface area contributed by atoms with Crippen LogP contribution in [0.15, 0.2) is 54.6 Å². The van der Waals surface area contributed by atoms with Gasteiger partial charge in [-0.3, -0.25) is 38.1 Å². The number of amides is 4. The van der Waals surface area contributed by atoms with Crippen molar-refractivity contribution >= 4 is 64.2 Å². The second kappa shape index (κ2) is 19.3. The number of hydrogen-bond donors (Lipinski definition) is 7. The summed E-state index contributed by atoms with van der Waals surface area (Å²) in [5.74, 6) is -7.03. The van der Waals surface area contributed by atoms with Gasteiger partial charge in [-0.05, 0) is 43.0 Å². The van der Waals surface area contributed by atoms with E-state index in [2.05, 4.69) is 32.8 Å². The summed E-state index contributed by atoms with van der Waals surface area (Å²) in [5.41, 5.74) is 6.66. The number of aliphatic carboxylic acids is 1. The topological polar surface area (TPSA) is 265 Å². The highest BCUT2D eigenvalue weighted by Crippen LogP contribution is 2.18. The van der Waals surface area contributed by atoms with Crippen molar-refractivity contribution in [2.24, 2.45) is 11.7 Å². The SMILES string of the molecule is CC(=O)[C@H](CS)NC(=O)CCC(=O)N[C@@H](CC(=O)O)C(=O)N[C@@H](Cc1ccc(OS(=O)(=O)O)cc1)C(=O)C[C@@H](Cc1ccccc1)C(N)=O. The lowest BCUT2D eigenvalue weighted by Gasteiger charge is -2.24. The average Bonchev–Trinajstić information content (AvgIpc) is 3.01. The first-order chi connectivity index (χ1) is 23.0. The molecular formula is C31H38N4O12S2. The summed E-state index contributed by atoms with van der Waals surface area (Å²) >= 11 is 3.98. The van der Waals surface area contributed by atoms with Gasteiger partial charge in [0.2, 0.25) is 23.6 Å². The van der Waals surface area contributed by atoms with Gasteiger partial charge in [-0.25, -0.2) is 0 Å². The summed E-state index contributed by atoms with van der Waals surface area (Å²) in [6.07, 6.45) is -2.29. The molecule has 4 atom stereocenters. The maximum absolute atomic E-state index is 13.6. The molecule has 2 rings (SSSR count). The number of nitrogens with one attached hydrogen (secondary N) is 3. The molecule has 0 radical (unpaired) electrons. The maximum atomic E-state index is 13.6. The molecule has 0 bridgehead atoms. The number of carbonyl (C=O) groups excluding carboxylic acids is 6. The van der Waals surface area contributed by atoms with Crippen molar-refractivity contribution in [3.8, 4) is 5.75 Å². The van der Waals surface area contributed by atoms with Gasteiger partial charge in [-0.15, -0.1) is 0 Å². The third kappa shape index (κ3) is 15.3. The van der Waals surface area contributed by atoms with Gasteiger partial charge < -0.3 is 31.0 Å². The van der Waals surface area contributed by atoms with Crippen molar-refractivity contribution in [1.82, 2.24) is 16.0 Å². The zero-order valence-electron chi connectivity index (χ0n) is 26.4. The first-order valence-corrected chi connectivity index (χ1v) is 16.8. The van der Waals surface area contributed by atoms with Gasteiger partial charge in [0, 0.05) is 30.9 Å². The van der Waals surface area contributed by atoms with Crippen LogP contribution in [0.5, 0.6) is 5.75 Å². The van der Waals surface area contributed by atoms with Gasteiger partial charge in [0.15, 0.2) is 11.6 Å². The fraction of sp³-hybridized carbons (Fsp3) is 0.387. The number of primary amides is 1. The highest BCUT2D eigenvalue weighted by atomic mass is 32.3. The van der Waals surface area contributed by atoms with E-state index in [4.69, 9.17) is 10.3 Å². The molecule has 0 fully saturated rings. The molecule has 2 aromatic rings. The standard InChI is InChI=1S/C31H38N4O12S2/c1-18(36)25(17-48)34-28(39)12-11-27(38)33-24(16-29(40)41)31(43)35-23(14-20-7-9-22(10-8-20)47-49(44,45)46)26(37)15-21(30(32)42)13-19-5-3-2-4-6-19/h2-10,21,23-25,48H,11-17H2,1H3,(H2,32,42)(H,33,38)(H,34,39)(H,35,43)(H,40,41)(H,44,45,46)/t21-,23+,24+,25+/m1/s1. The molecule has 0 spiro atoms. The van der Waals surface area contributed by atoms with E-state index >= 15 is 0 Å². The molecule has 0 aliphatic carbocycles. The number of nitrogens with two attached hydrogens (primary N) is 1. The Bertz CT molecular complexity index is 1620. The fourth-order valence-corrected chi connectivity index (χ4v) is 5.24. The molecule has 49 heavy (non-hydrogen) atoms. The molecule has 266 valence electrons. The largest absolute Gasteiger partial charge is 0.481 e. The Hall–Kier alpha value is -4.81. The van der Waals surface area contributed by atoms with Crippen molar-refractivity contribution < 1.29 is 55.8 Å². The normalized spacial score (nSPS) is 13.5. The minimum absolute atomic E-state index is 0.0307. The lowest BCUT2D eigenvalue weighted by Crippen LogP contribution is -2.53. The zero-order chi connectivity index (χ0) is 36.7. The molecule has 7 N–H and O–H groups in total. The second-order valence-corrected chi connectivity index (χ2v) is 12.4. The molecule has 2 aromatic carbocycles. The molecule has 18 heteroatoms. The highest BCUT2D eigenvalue weighted by Gasteiger charge is 2.31. The molecule has 0 unspecified atom stereocenters. The van der Waals surface area contributed by atoms with E-state index in [0.717, 1.165) is 5.56 Å². The van der Waals surface area contributed by atoms with Crippen molar-refractivity contribution in [1.29, 1.82) is 0 Å². The lowest BCUT2D eigenvalue weighted by atomic mass is 9.89. The summed E-state index contributed by atoms with van der Waals surface area (Å²) in [6.45, 7) is 1.26. The third-order valence-electron chi connectivity index (χ3n) is 7.06. The van der Waals surface area contributed by atoms with E-state index < -0.39 is 89.1 Å². The Morgan fingerprint density at radius 2 is 1.35 bits per heavy atom. The van der Waals surface area contributed by atoms with Crippen LogP contribution < -0.4 is 25.9 Å². The quantitative estimate of drug-likeness (QED) is 0.0660. The van der Waals surface area contributed by atoms with Crippen LogP contribution in [0, 0.1) is 5.92 Å². The van der Waals surface area contributed by atoms with Crippen LogP contribution in [0.3, 0.4) is 0 Å². The van der Waals surface area contributed by atoms with Gasteiger partial charge >= 0.3 is 16.4 Å². The van der Waals surface area contributed by atoms with Crippen LogP contribution in [-0.4, -0.2) is 83.1 Å². The Morgan fingerprint density at radius 1 is 0.796 bits per heavy atom. The van der Waals surface area contributed by atoms with E-state index in [-0.39, 0.29) is 36.5 Å². The first-order valence-electron chi connectivity index (χ1n) is 14.8. The minimum Gasteiger partial charge on any atom is -0.481 e. The predicted octanol–water partition coefficient (Wildman–Crippen LogP) is -0.0578. The van der Waals surface area contributed by atoms with Crippen molar-refractivity contribution in [2.75, 3.05) is 5.75 Å². The van der Waals surface area contributed by atoms with Gasteiger partial charge in [0.25, 0.3) is 0 Å². The summed E-state index contributed by atoms with van der Waals surface area (Å²) in [6, 6.07) is 9.80. The van der Waals surface area contributed by atoms with Gasteiger partial charge in [-0.2, -0.15) is 21.0 Å². The summed E-state index contributed by atoms with van der Waals surface area (Å²) in [4.78, 5) is 87.2. The van der Waals surface area contributed by atoms with Crippen molar-refractivity contribution in [3.63, 3.8) is 0 Å². The number of carboxylic acids is 1. The van der Waals surface area contributed by atoms with Crippen LogP contribution in [0.25, 0.3) is 0 Å². The maximum Gasteiger partial charge on any atom is 0.446 e. The van der Waals surface area contributed by atoms with Gasteiger partial charge in [0.05, 0.1) is 18.5 Å². The smallest absolute Gasteiger partial charge is 0.446 e. The van der Waals surface area contributed by atoms with E-state index in [1.165, 1.54) is 31.2 Å². The van der Waals surface area contributed by atoms with Crippen molar-refractivity contribution in [3.05, 3.63) is 65.7 Å². The van der Waals surface area contributed by atoms with E-state index in [1.54, 1.807) is 30.3 Å². The number of thiol groups is 1. The molecule has 0 saturated carbocycles. The van der Waals surface area contributed by atoms with Crippen LogP contribution >= 0.6 is 12.6 Å². The van der Waals surface area contributed by atoms with E-state index in [0.29, 0.717) is 5.56 Å². The molecule has 4 amide bonds. The molecule has 0 saturated heterocycles. The number of Topliss-reactive ketones (excluding diaryl/α,β-unsaturated/α-hetero) is 2. The Balaban J connectivity index is 2.26. The molecule has 0 aromatic heterocycles. The minimum atomic E-state index is -4.81. The Morgan fingerprint density at radius 3 is 1.84 bits per heavy atom. The average molecular weight is 723 g/mol. The van der Waals surface area contributed by atoms with Crippen LogP contribution in [0.1, 0.15) is 43.7 Å². The molecular weight excluding hydrogens is 684 g/mol. The molecule has 0 aliphatic rings. The zero-order valence-corrected chi connectivity index (χ0v) is 28.1.